The fourth-order valence-corrected chi connectivity index (χ4v) is 4.76. The molecule has 3 aromatic carbocycles. The van der Waals surface area contributed by atoms with Gasteiger partial charge in [-0.05, 0) is 42.0 Å². The monoisotopic (exact) mass is 475 g/mol. The second-order valence-corrected chi connectivity index (χ2v) is 9.31. The lowest BCUT2D eigenvalue weighted by molar-refractivity contribution is 0.340. The van der Waals surface area contributed by atoms with Crippen molar-refractivity contribution in [1.82, 2.24) is 4.98 Å². The SMILES string of the molecule is COc1cc(-c2nc(-c3ccc(N(C)C)cc3)c(-c3ccc(N(C)C)cc3)s2)cc(OC)c1O. The zero-order valence-electron chi connectivity index (χ0n) is 20.3. The van der Waals surface area contributed by atoms with Crippen molar-refractivity contribution in [2.45, 2.75) is 0 Å². The summed E-state index contributed by atoms with van der Waals surface area (Å²) in [5, 5.41) is 11.2. The standard InChI is InChI=1S/C27H29N3O3S/c1-29(2)20-11-7-17(8-12-20)24-26(18-9-13-21(14-10-18)30(3)4)34-27(28-24)19-15-22(32-5)25(31)23(16-19)33-6/h7-16,31H,1-6H3. The Morgan fingerprint density at radius 1 is 0.706 bits per heavy atom. The molecule has 0 aliphatic rings. The molecule has 1 N–H and O–H groups in total. The molecule has 0 fully saturated rings. The maximum absolute atomic E-state index is 10.3. The van der Waals surface area contributed by atoms with Gasteiger partial charge in [-0.25, -0.2) is 4.98 Å². The van der Waals surface area contributed by atoms with Crippen LogP contribution in [0.5, 0.6) is 17.2 Å². The zero-order valence-corrected chi connectivity index (χ0v) is 21.1. The van der Waals surface area contributed by atoms with Gasteiger partial charge in [-0.3, -0.25) is 0 Å². The Labute approximate surface area is 204 Å². The van der Waals surface area contributed by atoms with E-state index in [2.05, 4.69) is 58.3 Å². The first-order valence-electron chi connectivity index (χ1n) is 10.8. The minimum absolute atomic E-state index is 0.0238. The Kier molecular flexibility index (Phi) is 6.65. The summed E-state index contributed by atoms with van der Waals surface area (Å²) in [7, 11) is 11.2. The van der Waals surface area contributed by atoms with Gasteiger partial charge in [0, 0.05) is 50.7 Å². The zero-order chi connectivity index (χ0) is 24.4. The van der Waals surface area contributed by atoms with Crippen molar-refractivity contribution in [3.8, 4) is 49.5 Å². The van der Waals surface area contributed by atoms with Gasteiger partial charge >= 0.3 is 0 Å². The highest BCUT2D eigenvalue weighted by Gasteiger charge is 2.19. The number of nitrogens with zero attached hydrogens (tertiary/aromatic N) is 3. The molecule has 0 radical (unpaired) electrons. The van der Waals surface area contributed by atoms with Gasteiger partial charge in [-0.1, -0.05) is 24.3 Å². The highest BCUT2D eigenvalue weighted by molar-refractivity contribution is 7.19. The van der Waals surface area contributed by atoms with Crippen molar-refractivity contribution in [2.75, 3.05) is 52.2 Å². The lowest BCUT2D eigenvalue weighted by Crippen LogP contribution is -2.08. The molecule has 0 bridgehead atoms. The van der Waals surface area contributed by atoms with Crippen LogP contribution in [0.2, 0.25) is 0 Å². The molecule has 7 heteroatoms. The lowest BCUT2D eigenvalue weighted by Gasteiger charge is -2.13. The highest BCUT2D eigenvalue weighted by atomic mass is 32.1. The number of phenols is 1. The van der Waals surface area contributed by atoms with Crippen LogP contribution in [0.1, 0.15) is 0 Å². The smallest absolute Gasteiger partial charge is 0.200 e. The number of ether oxygens (including phenoxy) is 2. The van der Waals surface area contributed by atoms with Crippen LogP contribution >= 0.6 is 11.3 Å². The molecular formula is C27H29N3O3S. The van der Waals surface area contributed by atoms with E-state index in [1.54, 1.807) is 23.5 Å². The number of aromatic nitrogens is 1. The van der Waals surface area contributed by atoms with Gasteiger partial charge in [0.1, 0.15) is 5.01 Å². The summed E-state index contributed by atoms with van der Waals surface area (Å²) in [5.41, 5.74) is 6.13. The van der Waals surface area contributed by atoms with Crippen molar-refractivity contribution in [2.24, 2.45) is 0 Å². The predicted molar refractivity (Wildman–Crippen MR) is 142 cm³/mol. The molecule has 1 aromatic heterocycles. The average Bonchev–Trinajstić information content (AvgIpc) is 3.30. The molecular weight excluding hydrogens is 446 g/mol. The van der Waals surface area contributed by atoms with E-state index >= 15 is 0 Å². The first kappa shape index (κ1) is 23.4. The van der Waals surface area contributed by atoms with Crippen molar-refractivity contribution >= 4 is 22.7 Å². The highest BCUT2D eigenvalue weighted by Crippen LogP contribution is 2.45. The van der Waals surface area contributed by atoms with Gasteiger partial charge < -0.3 is 24.4 Å². The molecule has 0 atom stereocenters. The molecule has 0 saturated heterocycles. The molecule has 0 aliphatic carbocycles. The van der Waals surface area contributed by atoms with Gasteiger partial charge in [0.05, 0.1) is 24.8 Å². The third-order valence-electron chi connectivity index (χ3n) is 5.66. The maximum atomic E-state index is 10.3. The first-order valence-corrected chi connectivity index (χ1v) is 11.7. The maximum Gasteiger partial charge on any atom is 0.200 e. The van der Waals surface area contributed by atoms with Gasteiger partial charge in [0.25, 0.3) is 0 Å². The normalized spacial score (nSPS) is 10.8. The molecule has 0 amide bonds. The average molecular weight is 476 g/mol. The van der Waals surface area contributed by atoms with Crippen molar-refractivity contribution < 1.29 is 14.6 Å². The third kappa shape index (κ3) is 4.52. The number of phenolic OH excluding ortho intramolecular Hbond substituents is 1. The van der Waals surface area contributed by atoms with E-state index in [9.17, 15) is 5.11 Å². The quantitative estimate of drug-likeness (QED) is 0.354. The summed E-state index contributed by atoms with van der Waals surface area (Å²) in [4.78, 5) is 10.3. The van der Waals surface area contributed by atoms with Crippen molar-refractivity contribution in [3.63, 3.8) is 0 Å². The molecule has 0 saturated carbocycles. The van der Waals surface area contributed by atoms with Crippen LogP contribution in [0, 0.1) is 0 Å². The Morgan fingerprint density at radius 3 is 1.62 bits per heavy atom. The number of methoxy groups -OCH3 is 2. The molecule has 4 rings (SSSR count). The summed E-state index contributed by atoms with van der Waals surface area (Å²) in [6, 6.07) is 20.4. The predicted octanol–water partition coefficient (Wildman–Crippen LogP) is 6.00. The van der Waals surface area contributed by atoms with Crippen LogP contribution in [-0.4, -0.2) is 52.5 Å². The van der Waals surface area contributed by atoms with E-state index in [0.29, 0.717) is 11.5 Å². The molecule has 1 heterocycles. The molecule has 34 heavy (non-hydrogen) atoms. The Bertz CT molecular complexity index is 1190. The first-order chi connectivity index (χ1) is 16.3. The fraction of sp³-hybridized carbons (Fsp3) is 0.222. The number of thiazole rings is 1. The third-order valence-corrected chi connectivity index (χ3v) is 6.81. The molecule has 4 aromatic rings. The van der Waals surface area contributed by atoms with Crippen LogP contribution in [0.4, 0.5) is 11.4 Å². The molecule has 0 spiro atoms. The molecule has 176 valence electrons. The van der Waals surface area contributed by atoms with Crippen molar-refractivity contribution in [1.29, 1.82) is 0 Å². The summed E-state index contributed by atoms with van der Waals surface area (Å²) >= 11 is 1.60. The number of hydrogen-bond acceptors (Lipinski definition) is 7. The summed E-state index contributed by atoms with van der Waals surface area (Å²) in [5.74, 6) is 0.668. The van der Waals surface area contributed by atoms with Gasteiger partial charge in [-0.15, -0.1) is 11.3 Å². The van der Waals surface area contributed by atoms with Crippen molar-refractivity contribution in [3.05, 3.63) is 60.7 Å². The van der Waals surface area contributed by atoms with E-state index in [1.165, 1.54) is 14.2 Å². The molecule has 6 nitrogen and oxygen atoms in total. The Balaban J connectivity index is 1.88. The summed E-state index contributed by atoms with van der Waals surface area (Å²) in [6.07, 6.45) is 0. The number of anilines is 2. The van der Waals surface area contributed by atoms with Gasteiger partial charge in [-0.2, -0.15) is 0 Å². The summed E-state index contributed by atoms with van der Waals surface area (Å²) in [6.45, 7) is 0. The van der Waals surface area contributed by atoms with Gasteiger partial charge in [0.15, 0.2) is 11.5 Å². The minimum Gasteiger partial charge on any atom is -0.502 e. The molecule has 0 aliphatic heterocycles. The van der Waals surface area contributed by atoms with Crippen LogP contribution in [-0.2, 0) is 0 Å². The topological polar surface area (TPSA) is 58.1 Å². The lowest BCUT2D eigenvalue weighted by atomic mass is 10.1. The van der Waals surface area contributed by atoms with Crippen LogP contribution in [0.15, 0.2) is 60.7 Å². The number of aromatic hydroxyl groups is 1. The number of hydrogen-bond donors (Lipinski definition) is 1. The fourth-order valence-electron chi connectivity index (χ4n) is 3.68. The van der Waals surface area contributed by atoms with E-state index in [-0.39, 0.29) is 5.75 Å². The minimum atomic E-state index is -0.0238. The van der Waals surface area contributed by atoms with Crippen LogP contribution in [0.25, 0.3) is 32.3 Å². The Morgan fingerprint density at radius 2 is 1.18 bits per heavy atom. The van der Waals surface area contributed by atoms with Crippen LogP contribution < -0.4 is 19.3 Å². The van der Waals surface area contributed by atoms with Gasteiger partial charge in [0.2, 0.25) is 5.75 Å². The summed E-state index contributed by atoms with van der Waals surface area (Å²) < 4.78 is 10.7. The Hall–Kier alpha value is -3.71. The second kappa shape index (κ2) is 9.65. The molecule has 0 unspecified atom stereocenters. The number of benzene rings is 3. The van der Waals surface area contributed by atoms with Crippen LogP contribution in [0.3, 0.4) is 0 Å². The number of rotatable bonds is 7. The van der Waals surface area contributed by atoms with E-state index in [4.69, 9.17) is 14.5 Å². The van der Waals surface area contributed by atoms with E-state index in [1.807, 2.05) is 28.2 Å². The largest absolute Gasteiger partial charge is 0.502 e. The second-order valence-electron chi connectivity index (χ2n) is 8.31. The van der Waals surface area contributed by atoms with E-state index in [0.717, 1.165) is 43.6 Å². The van der Waals surface area contributed by atoms with E-state index < -0.39 is 0 Å².